The Balaban J connectivity index is 1.65. The smallest absolute Gasteiger partial charge is 0.272 e. The van der Waals surface area contributed by atoms with Crippen molar-refractivity contribution in [1.29, 1.82) is 5.26 Å². The van der Waals surface area contributed by atoms with Gasteiger partial charge in [0.1, 0.15) is 11.6 Å². The first kappa shape index (κ1) is 31.3. The Morgan fingerprint density at radius 2 is 2.00 bits per heavy atom. The van der Waals surface area contributed by atoms with Crippen LogP contribution in [0, 0.1) is 22.7 Å². The van der Waals surface area contributed by atoms with Crippen LogP contribution < -0.4 is 10.6 Å². The molecule has 1 atom stereocenters. The molecule has 2 aromatic heterocycles. The summed E-state index contributed by atoms with van der Waals surface area (Å²) in [5, 5.41) is 15.9. The van der Waals surface area contributed by atoms with E-state index in [-0.39, 0.29) is 44.6 Å². The van der Waals surface area contributed by atoms with Crippen LogP contribution in [0.4, 0.5) is 14.7 Å². The number of nitriles is 1. The van der Waals surface area contributed by atoms with Gasteiger partial charge >= 0.3 is 0 Å². The highest BCUT2D eigenvalue weighted by Gasteiger charge is 2.32. The summed E-state index contributed by atoms with van der Waals surface area (Å²) in [6.07, 6.45) is 0.553. The number of rotatable bonds is 10. The molecular weight excluding hydrogens is 558 g/mol. The number of alkyl halides is 2. The number of nitrogens with one attached hydrogen (secondary N) is 2. The van der Waals surface area contributed by atoms with Crippen LogP contribution in [0.15, 0.2) is 42.0 Å². The van der Waals surface area contributed by atoms with Crippen LogP contribution in [0.25, 0.3) is 11.0 Å². The summed E-state index contributed by atoms with van der Waals surface area (Å²) in [4.78, 5) is 32.9. The first-order chi connectivity index (χ1) is 19.9. The van der Waals surface area contributed by atoms with Crippen molar-refractivity contribution in [2.75, 3.05) is 18.4 Å². The molecule has 8 nitrogen and oxygen atoms in total. The molecule has 0 bridgehead atoms. The zero-order valence-electron chi connectivity index (χ0n) is 24.7. The van der Waals surface area contributed by atoms with Gasteiger partial charge in [-0.2, -0.15) is 5.26 Å². The second kappa shape index (κ2) is 13.1. The zero-order valence-corrected chi connectivity index (χ0v) is 25.5. The van der Waals surface area contributed by atoms with E-state index in [0.29, 0.717) is 25.2 Å². The molecular formula is C31H38F2N6O2S. The maximum Gasteiger partial charge on any atom is 0.272 e. The summed E-state index contributed by atoms with van der Waals surface area (Å²) in [6.45, 7) is 12.7. The fourth-order valence-corrected chi connectivity index (χ4v) is 5.81. The van der Waals surface area contributed by atoms with Gasteiger partial charge in [-0.25, -0.2) is 13.8 Å². The molecule has 1 aromatic carbocycles. The topological polar surface area (TPSA) is 103 Å². The number of carbonyl (C=O) groups is 2. The molecule has 42 heavy (non-hydrogen) atoms. The second-order valence-electron chi connectivity index (χ2n) is 12.2. The zero-order chi connectivity index (χ0) is 30.6. The lowest BCUT2D eigenvalue weighted by molar-refractivity contribution is -0.127. The van der Waals surface area contributed by atoms with Crippen molar-refractivity contribution >= 4 is 40.1 Å². The molecule has 1 aliphatic rings. The number of imidazole rings is 1. The Morgan fingerprint density at radius 3 is 2.64 bits per heavy atom. The predicted molar refractivity (Wildman–Crippen MR) is 161 cm³/mol. The minimum atomic E-state index is -2.65. The van der Waals surface area contributed by atoms with Crippen molar-refractivity contribution in [3.05, 3.63) is 57.3 Å². The predicted octanol–water partition coefficient (Wildman–Crippen LogP) is 6.52. The lowest BCUT2D eigenvalue weighted by Gasteiger charge is -2.26. The number of fused-ring (bicyclic) bond motifs is 1. The highest BCUT2D eigenvalue weighted by Crippen LogP contribution is 2.30. The van der Waals surface area contributed by atoms with E-state index < -0.39 is 12.3 Å². The first-order valence-electron chi connectivity index (χ1n) is 14.2. The van der Waals surface area contributed by atoms with E-state index in [0.717, 1.165) is 41.8 Å². The number of carbonyl (C=O) groups excluding carboxylic acids is 2. The molecule has 0 saturated carbocycles. The molecule has 1 fully saturated rings. The van der Waals surface area contributed by atoms with Crippen molar-refractivity contribution in [2.24, 2.45) is 11.3 Å². The third kappa shape index (κ3) is 7.61. The number of halogens is 2. The SMILES string of the molecule is CC(C)C=C(C#N)C(=O)N1CCCC1Cn1c(NC(=O)c2ccc(C(F)F)s2)nc2cc(CNCC(C)(C)C)ccc21. The average Bonchev–Trinajstić information content (AvgIpc) is 3.66. The number of benzene rings is 1. The maximum absolute atomic E-state index is 13.3. The monoisotopic (exact) mass is 596 g/mol. The number of nitrogens with zero attached hydrogens (tertiary/aromatic N) is 4. The third-order valence-corrected chi connectivity index (χ3v) is 8.06. The molecule has 4 rings (SSSR count). The number of allylic oxidation sites excluding steroid dienone is 1. The molecule has 224 valence electrons. The number of amides is 2. The van der Waals surface area contributed by atoms with E-state index in [1.807, 2.05) is 36.6 Å². The molecule has 3 heterocycles. The number of likely N-dealkylation sites (tertiary alicyclic amines) is 1. The maximum atomic E-state index is 13.3. The van der Waals surface area contributed by atoms with Gasteiger partial charge in [-0.1, -0.05) is 46.8 Å². The Bertz CT molecular complexity index is 1510. The van der Waals surface area contributed by atoms with E-state index in [4.69, 9.17) is 4.98 Å². The molecule has 1 saturated heterocycles. The summed E-state index contributed by atoms with van der Waals surface area (Å²) in [5.41, 5.74) is 2.75. The average molecular weight is 597 g/mol. The summed E-state index contributed by atoms with van der Waals surface area (Å²) in [5.74, 6) is -0.492. The van der Waals surface area contributed by atoms with Gasteiger partial charge < -0.3 is 14.8 Å². The first-order valence-corrected chi connectivity index (χ1v) is 15.0. The largest absolute Gasteiger partial charge is 0.333 e. The van der Waals surface area contributed by atoms with Gasteiger partial charge in [-0.15, -0.1) is 11.3 Å². The van der Waals surface area contributed by atoms with Crippen LogP contribution in [0.3, 0.4) is 0 Å². The summed E-state index contributed by atoms with van der Waals surface area (Å²) >= 11 is 0.745. The number of hydrogen-bond donors (Lipinski definition) is 2. The normalized spacial score (nSPS) is 16.0. The van der Waals surface area contributed by atoms with Gasteiger partial charge in [0.25, 0.3) is 18.2 Å². The van der Waals surface area contributed by atoms with Gasteiger partial charge in [-0.05, 0) is 54.0 Å². The van der Waals surface area contributed by atoms with Crippen LogP contribution in [0.2, 0.25) is 0 Å². The van der Waals surface area contributed by atoms with E-state index in [1.165, 1.54) is 12.1 Å². The molecule has 0 aliphatic carbocycles. The van der Waals surface area contributed by atoms with Crippen molar-refractivity contribution in [3.63, 3.8) is 0 Å². The van der Waals surface area contributed by atoms with Crippen LogP contribution in [-0.4, -0.2) is 45.4 Å². The van der Waals surface area contributed by atoms with Gasteiger partial charge in [0, 0.05) is 26.2 Å². The Labute approximate surface area is 249 Å². The molecule has 1 unspecified atom stereocenters. The number of thiophene rings is 1. The molecule has 3 aromatic rings. The van der Waals surface area contributed by atoms with E-state index in [1.54, 1.807) is 11.0 Å². The lowest BCUT2D eigenvalue weighted by Crippen LogP contribution is -2.39. The molecule has 0 spiro atoms. The van der Waals surface area contributed by atoms with Crippen LogP contribution in [0.1, 0.15) is 74.0 Å². The number of hydrogen-bond acceptors (Lipinski definition) is 6. The molecule has 1 aliphatic heterocycles. The quantitative estimate of drug-likeness (QED) is 0.205. The standard InChI is InChI=1S/C31H38F2N6O2S/c1-19(2)13-21(15-34)29(41)38-12-6-7-22(38)17-39-24-9-8-20(16-35-18-31(3,4)5)14-23(24)36-30(39)37-28(40)26-11-10-25(42-26)27(32)33/h8-11,13-14,19,22,27,35H,6-7,12,16-18H2,1-5H3,(H,36,37,40). The molecule has 2 N–H and O–H groups in total. The third-order valence-electron chi connectivity index (χ3n) is 6.97. The van der Waals surface area contributed by atoms with E-state index in [9.17, 15) is 23.6 Å². The Kier molecular flexibility index (Phi) is 9.79. The molecule has 2 amide bonds. The Morgan fingerprint density at radius 1 is 1.24 bits per heavy atom. The second-order valence-corrected chi connectivity index (χ2v) is 13.3. The van der Waals surface area contributed by atoms with Gasteiger partial charge in [0.15, 0.2) is 0 Å². The van der Waals surface area contributed by atoms with Crippen molar-refractivity contribution in [1.82, 2.24) is 19.8 Å². The fraction of sp³-hybridized carbons (Fsp3) is 0.484. The molecule has 11 heteroatoms. The summed E-state index contributed by atoms with van der Waals surface area (Å²) < 4.78 is 28.2. The Hall–Kier alpha value is -3.62. The van der Waals surface area contributed by atoms with Crippen LogP contribution in [-0.2, 0) is 17.9 Å². The van der Waals surface area contributed by atoms with Crippen LogP contribution >= 0.6 is 11.3 Å². The minimum absolute atomic E-state index is 0.0546. The van der Waals surface area contributed by atoms with Gasteiger partial charge in [0.05, 0.1) is 26.8 Å². The lowest BCUT2D eigenvalue weighted by atomic mass is 9.97. The van der Waals surface area contributed by atoms with E-state index >= 15 is 0 Å². The van der Waals surface area contributed by atoms with Gasteiger partial charge in [0.2, 0.25) is 5.95 Å². The number of anilines is 1. The fourth-order valence-electron chi connectivity index (χ4n) is 5.05. The minimum Gasteiger partial charge on any atom is -0.333 e. The summed E-state index contributed by atoms with van der Waals surface area (Å²) in [7, 11) is 0. The highest BCUT2D eigenvalue weighted by atomic mass is 32.1. The van der Waals surface area contributed by atoms with Crippen molar-refractivity contribution < 1.29 is 18.4 Å². The number of aromatic nitrogens is 2. The van der Waals surface area contributed by atoms with Crippen LogP contribution in [0.5, 0.6) is 0 Å². The summed E-state index contributed by atoms with van der Waals surface area (Å²) in [6, 6.07) is 10.4. The highest BCUT2D eigenvalue weighted by molar-refractivity contribution is 7.14. The van der Waals surface area contributed by atoms with E-state index in [2.05, 4.69) is 37.5 Å². The van der Waals surface area contributed by atoms with Gasteiger partial charge in [-0.3, -0.25) is 14.9 Å². The van der Waals surface area contributed by atoms with Crippen molar-refractivity contribution in [2.45, 2.75) is 73.0 Å². The molecule has 0 radical (unpaired) electrons. The van der Waals surface area contributed by atoms with Crippen molar-refractivity contribution in [3.8, 4) is 6.07 Å².